The highest BCUT2D eigenvalue weighted by Gasteiger charge is 2.34. The third kappa shape index (κ3) is 3.20. The van der Waals surface area contributed by atoms with Gasteiger partial charge in [0.05, 0.1) is 22.6 Å². The maximum atomic E-state index is 13.2. The fraction of sp³-hybridized carbons (Fsp3) is 0.250. The summed E-state index contributed by atoms with van der Waals surface area (Å²) in [5, 5.41) is 5.21. The smallest absolute Gasteiger partial charge is 0.279 e. The maximum absolute atomic E-state index is 13.2. The van der Waals surface area contributed by atoms with Crippen molar-refractivity contribution in [2.45, 2.75) is 12.5 Å². The van der Waals surface area contributed by atoms with E-state index in [1.807, 2.05) is 6.07 Å². The van der Waals surface area contributed by atoms with Crippen LogP contribution in [0, 0.1) is 0 Å². The Hall–Kier alpha value is -3.00. The van der Waals surface area contributed by atoms with E-state index in [0.717, 1.165) is 0 Å². The van der Waals surface area contributed by atoms with Crippen molar-refractivity contribution >= 4 is 26.5 Å². The summed E-state index contributed by atoms with van der Waals surface area (Å²) in [6.07, 6.45) is 0.404. The minimum absolute atomic E-state index is 0.0501. The van der Waals surface area contributed by atoms with Crippen LogP contribution in [-0.2, 0) is 9.84 Å². The predicted octanol–water partition coefficient (Wildman–Crippen LogP) is 1.64. The molecule has 0 spiro atoms. The molecule has 0 saturated carbocycles. The van der Waals surface area contributed by atoms with Crippen LogP contribution in [-0.4, -0.2) is 53.6 Å². The summed E-state index contributed by atoms with van der Waals surface area (Å²) in [6, 6.07) is 15.3. The van der Waals surface area contributed by atoms with Gasteiger partial charge in [-0.3, -0.25) is 9.59 Å². The van der Waals surface area contributed by atoms with E-state index in [-0.39, 0.29) is 22.8 Å². The molecule has 3 aromatic rings. The lowest BCUT2D eigenvalue weighted by atomic mass is 10.1. The van der Waals surface area contributed by atoms with E-state index in [2.05, 4.69) is 5.10 Å². The second kappa shape index (κ2) is 6.87. The first-order chi connectivity index (χ1) is 13.4. The highest BCUT2D eigenvalue weighted by atomic mass is 32.2. The van der Waals surface area contributed by atoms with Crippen molar-refractivity contribution in [2.75, 3.05) is 18.6 Å². The Morgan fingerprint density at radius 1 is 1.07 bits per heavy atom. The van der Waals surface area contributed by atoms with Gasteiger partial charge in [0.25, 0.3) is 11.5 Å². The van der Waals surface area contributed by atoms with E-state index < -0.39 is 21.8 Å². The lowest BCUT2D eigenvalue weighted by molar-refractivity contribution is 0.0742. The summed E-state index contributed by atoms with van der Waals surface area (Å²) in [5.74, 6) is -0.374. The number of amides is 1. The molecule has 144 valence electrons. The second-order valence-corrected chi connectivity index (χ2v) is 9.15. The molecular formula is C20H19N3O4S. The summed E-state index contributed by atoms with van der Waals surface area (Å²) in [7, 11) is -1.54. The molecule has 1 aliphatic rings. The fourth-order valence-electron chi connectivity index (χ4n) is 3.51. The van der Waals surface area contributed by atoms with Crippen LogP contribution in [0.15, 0.2) is 59.4 Å². The number of hydrogen-bond donors (Lipinski definition) is 0. The molecule has 4 rings (SSSR count). The van der Waals surface area contributed by atoms with Crippen molar-refractivity contribution in [3.63, 3.8) is 0 Å². The third-order valence-electron chi connectivity index (χ3n) is 5.08. The molecule has 1 fully saturated rings. The Morgan fingerprint density at radius 2 is 1.71 bits per heavy atom. The number of benzene rings is 2. The first-order valence-corrected chi connectivity index (χ1v) is 10.7. The van der Waals surface area contributed by atoms with Gasteiger partial charge in [0.2, 0.25) is 0 Å². The summed E-state index contributed by atoms with van der Waals surface area (Å²) >= 11 is 0. The van der Waals surface area contributed by atoms with Crippen molar-refractivity contribution in [2.24, 2.45) is 0 Å². The normalized spacial score (nSPS) is 18.2. The Bertz CT molecular complexity index is 1220. The number of carbonyl (C=O) groups excluding carboxylic acids is 1. The molecule has 1 atom stereocenters. The molecule has 1 amide bonds. The van der Waals surface area contributed by atoms with Gasteiger partial charge >= 0.3 is 0 Å². The second-order valence-electron chi connectivity index (χ2n) is 6.92. The van der Waals surface area contributed by atoms with Gasteiger partial charge < -0.3 is 4.90 Å². The molecule has 8 heteroatoms. The molecule has 2 aromatic carbocycles. The van der Waals surface area contributed by atoms with Gasteiger partial charge in [-0.2, -0.15) is 9.78 Å². The minimum atomic E-state index is -3.13. The van der Waals surface area contributed by atoms with Gasteiger partial charge in [-0.25, -0.2) is 8.42 Å². The SMILES string of the molecule is CN(C(=O)c1nn(-c2ccccc2)c(=O)c2ccccc12)[C@H]1CCS(=O)(=O)C1. The monoisotopic (exact) mass is 397 g/mol. The molecule has 1 aromatic heterocycles. The van der Waals surface area contributed by atoms with Crippen LogP contribution in [0.4, 0.5) is 0 Å². The van der Waals surface area contributed by atoms with E-state index in [1.54, 1.807) is 55.6 Å². The van der Waals surface area contributed by atoms with E-state index in [1.165, 1.54) is 9.58 Å². The minimum Gasteiger partial charge on any atom is -0.336 e. The Labute approximate surface area is 162 Å². The van der Waals surface area contributed by atoms with Crippen LogP contribution in [0.1, 0.15) is 16.9 Å². The summed E-state index contributed by atoms with van der Waals surface area (Å²) in [5.41, 5.74) is 0.369. The number of sulfone groups is 1. The van der Waals surface area contributed by atoms with Gasteiger partial charge in [-0.05, 0) is 24.6 Å². The van der Waals surface area contributed by atoms with Crippen molar-refractivity contribution in [3.05, 3.63) is 70.6 Å². The predicted molar refractivity (Wildman–Crippen MR) is 106 cm³/mol. The molecule has 1 saturated heterocycles. The van der Waals surface area contributed by atoms with Crippen LogP contribution in [0.25, 0.3) is 16.5 Å². The zero-order chi connectivity index (χ0) is 19.9. The van der Waals surface area contributed by atoms with Gasteiger partial charge in [0.1, 0.15) is 0 Å². The topological polar surface area (TPSA) is 89.3 Å². The van der Waals surface area contributed by atoms with Crippen molar-refractivity contribution < 1.29 is 13.2 Å². The lowest BCUT2D eigenvalue weighted by Gasteiger charge is -2.23. The Kier molecular flexibility index (Phi) is 4.50. The number of hydrogen-bond acceptors (Lipinski definition) is 5. The van der Waals surface area contributed by atoms with Crippen LogP contribution in [0.5, 0.6) is 0 Å². The number of para-hydroxylation sites is 1. The average Bonchev–Trinajstić information content (AvgIpc) is 3.08. The standard InChI is InChI=1S/C20H19N3O4S/c1-22(15-11-12-28(26,27)13-15)20(25)18-16-9-5-6-10-17(16)19(24)23(21-18)14-7-3-2-4-8-14/h2-10,15H,11-13H2,1H3/t15-/m0/s1. The molecule has 0 N–H and O–H groups in total. The number of aromatic nitrogens is 2. The maximum Gasteiger partial charge on any atom is 0.279 e. The van der Waals surface area contributed by atoms with Gasteiger partial charge in [0, 0.05) is 18.5 Å². The van der Waals surface area contributed by atoms with Crippen molar-refractivity contribution in [3.8, 4) is 5.69 Å². The third-order valence-corrected chi connectivity index (χ3v) is 6.84. The molecule has 0 radical (unpaired) electrons. The van der Waals surface area contributed by atoms with Crippen LogP contribution in [0.3, 0.4) is 0 Å². The first kappa shape index (κ1) is 18.4. The van der Waals surface area contributed by atoms with E-state index >= 15 is 0 Å². The number of nitrogens with zero attached hydrogens (tertiary/aromatic N) is 3. The molecule has 0 aliphatic carbocycles. The molecular weight excluding hydrogens is 378 g/mol. The highest BCUT2D eigenvalue weighted by molar-refractivity contribution is 7.91. The number of fused-ring (bicyclic) bond motifs is 1. The van der Waals surface area contributed by atoms with Crippen molar-refractivity contribution in [1.82, 2.24) is 14.7 Å². The fourth-order valence-corrected chi connectivity index (χ4v) is 5.28. The Morgan fingerprint density at radius 3 is 2.36 bits per heavy atom. The van der Waals surface area contributed by atoms with Crippen LogP contribution < -0.4 is 5.56 Å². The molecule has 2 heterocycles. The summed E-state index contributed by atoms with van der Waals surface area (Å²) in [6.45, 7) is 0. The van der Waals surface area contributed by atoms with Gasteiger partial charge in [0.15, 0.2) is 15.5 Å². The molecule has 28 heavy (non-hydrogen) atoms. The molecule has 7 nitrogen and oxygen atoms in total. The van der Waals surface area contributed by atoms with Gasteiger partial charge in [-0.15, -0.1) is 0 Å². The molecule has 1 aliphatic heterocycles. The van der Waals surface area contributed by atoms with Crippen LogP contribution >= 0.6 is 0 Å². The summed E-state index contributed by atoms with van der Waals surface area (Å²) < 4.78 is 24.8. The Balaban J connectivity index is 1.85. The first-order valence-electron chi connectivity index (χ1n) is 8.92. The highest BCUT2D eigenvalue weighted by Crippen LogP contribution is 2.21. The summed E-state index contributed by atoms with van der Waals surface area (Å²) in [4.78, 5) is 27.5. The number of rotatable bonds is 3. The largest absolute Gasteiger partial charge is 0.336 e. The number of carbonyl (C=O) groups is 1. The quantitative estimate of drug-likeness (QED) is 0.670. The van der Waals surface area contributed by atoms with Crippen LogP contribution in [0.2, 0.25) is 0 Å². The molecule has 0 bridgehead atoms. The zero-order valence-electron chi connectivity index (χ0n) is 15.3. The lowest BCUT2D eigenvalue weighted by Crippen LogP contribution is -2.39. The van der Waals surface area contributed by atoms with E-state index in [0.29, 0.717) is 22.9 Å². The van der Waals surface area contributed by atoms with Gasteiger partial charge in [-0.1, -0.05) is 36.4 Å². The van der Waals surface area contributed by atoms with E-state index in [4.69, 9.17) is 0 Å². The molecule has 0 unspecified atom stereocenters. The zero-order valence-corrected chi connectivity index (χ0v) is 16.1. The van der Waals surface area contributed by atoms with Crippen molar-refractivity contribution in [1.29, 1.82) is 0 Å². The van der Waals surface area contributed by atoms with E-state index in [9.17, 15) is 18.0 Å². The average molecular weight is 397 g/mol.